The van der Waals surface area contributed by atoms with Gasteiger partial charge in [0.2, 0.25) is 11.8 Å². The number of carbonyl (C=O) groups excluding carboxylic acids is 2. The van der Waals surface area contributed by atoms with Crippen molar-refractivity contribution >= 4 is 24.2 Å². The number of hydrogen-bond acceptors (Lipinski definition) is 3. The van der Waals surface area contributed by atoms with Crippen LogP contribution in [0.15, 0.2) is 0 Å². The molecule has 1 saturated carbocycles. The number of nitrogens with one attached hydrogen (secondary N) is 3. The lowest BCUT2D eigenvalue weighted by Gasteiger charge is -2.39. The van der Waals surface area contributed by atoms with Gasteiger partial charge in [-0.1, -0.05) is 33.1 Å². The van der Waals surface area contributed by atoms with E-state index in [0.29, 0.717) is 12.5 Å². The van der Waals surface area contributed by atoms with Gasteiger partial charge >= 0.3 is 0 Å². The van der Waals surface area contributed by atoms with E-state index in [9.17, 15) is 9.59 Å². The monoisotopic (exact) mass is 331 g/mol. The summed E-state index contributed by atoms with van der Waals surface area (Å²) in [6, 6.07) is 0. The predicted molar refractivity (Wildman–Crippen MR) is 90.0 cm³/mol. The molecule has 1 saturated heterocycles. The van der Waals surface area contributed by atoms with Crippen LogP contribution in [0.2, 0.25) is 0 Å². The van der Waals surface area contributed by atoms with Crippen molar-refractivity contribution in [2.24, 2.45) is 11.8 Å². The van der Waals surface area contributed by atoms with Crippen LogP contribution in [0.4, 0.5) is 0 Å². The Kier molecular flexibility index (Phi) is 7.63. The van der Waals surface area contributed by atoms with Crippen LogP contribution in [0.25, 0.3) is 0 Å². The van der Waals surface area contributed by atoms with E-state index >= 15 is 0 Å². The van der Waals surface area contributed by atoms with E-state index in [-0.39, 0.29) is 30.1 Å². The maximum atomic E-state index is 12.6. The predicted octanol–water partition coefficient (Wildman–Crippen LogP) is 1.61. The van der Waals surface area contributed by atoms with Crippen molar-refractivity contribution in [1.29, 1.82) is 0 Å². The zero-order valence-electron chi connectivity index (χ0n) is 13.7. The average Bonchev–Trinajstić information content (AvgIpc) is 2.43. The Labute approximate surface area is 139 Å². The van der Waals surface area contributed by atoms with Crippen molar-refractivity contribution in [1.82, 2.24) is 16.0 Å². The number of hydrogen-bond donors (Lipinski definition) is 3. The van der Waals surface area contributed by atoms with Gasteiger partial charge in [-0.15, -0.1) is 12.4 Å². The van der Waals surface area contributed by atoms with Gasteiger partial charge in [0.1, 0.15) is 5.54 Å². The lowest BCUT2D eigenvalue weighted by molar-refractivity contribution is -0.137. The van der Waals surface area contributed by atoms with Crippen LogP contribution >= 0.6 is 12.4 Å². The normalized spacial score (nSPS) is 21.9. The first-order valence-electron chi connectivity index (χ1n) is 8.40. The number of amides is 2. The molecule has 1 aliphatic carbocycles. The van der Waals surface area contributed by atoms with Gasteiger partial charge in [0.05, 0.1) is 0 Å². The number of rotatable bonds is 6. The molecule has 22 heavy (non-hydrogen) atoms. The van der Waals surface area contributed by atoms with E-state index in [1.165, 1.54) is 0 Å². The second-order valence-electron chi connectivity index (χ2n) is 6.59. The smallest absolute Gasteiger partial charge is 0.245 e. The summed E-state index contributed by atoms with van der Waals surface area (Å²) in [5, 5.41) is 9.29. The summed E-state index contributed by atoms with van der Waals surface area (Å²) >= 11 is 0. The Morgan fingerprint density at radius 1 is 1.23 bits per heavy atom. The molecule has 1 heterocycles. The zero-order chi connectivity index (χ0) is 15.3. The fourth-order valence-electron chi connectivity index (χ4n) is 3.20. The lowest BCUT2D eigenvalue weighted by atomic mass is 9.79. The van der Waals surface area contributed by atoms with Gasteiger partial charge in [0, 0.05) is 12.5 Å². The summed E-state index contributed by atoms with van der Waals surface area (Å²) in [5.41, 5.74) is -0.671. The van der Waals surface area contributed by atoms with E-state index in [2.05, 4.69) is 16.0 Å². The van der Waals surface area contributed by atoms with Crippen molar-refractivity contribution in [2.75, 3.05) is 19.6 Å². The van der Waals surface area contributed by atoms with Crippen molar-refractivity contribution < 1.29 is 9.59 Å². The van der Waals surface area contributed by atoms with Crippen molar-refractivity contribution in [3.63, 3.8) is 0 Å². The summed E-state index contributed by atoms with van der Waals surface area (Å²) in [7, 11) is 0. The molecule has 1 atom stereocenters. The van der Waals surface area contributed by atoms with Crippen LogP contribution in [0.1, 0.15) is 52.4 Å². The maximum Gasteiger partial charge on any atom is 0.245 e. The number of halogens is 1. The Balaban J connectivity index is 0.00000242. The fraction of sp³-hybridized carbons (Fsp3) is 0.875. The highest BCUT2D eigenvalue weighted by molar-refractivity contribution is 5.92. The van der Waals surface area contributed by atoms with Gasteiger partial charge in [-0.2, -0.15) is 0 Å². The zero-order valence-corrected chi connectivity index (χ0v) is 14.6. The van der Waals surface area contributed by atoms with Gasteiger partial charge in [-0.05, 0) is 38.3 Å². The first kappa shape index (κ1) is 19.2. The number of carbonyl (C=O) groups is 2. The summed E-state index contributed by atoms with van der Waals surface area (Å²) < 4.78 is 0. The first-order chi connectivity index (χ1) is 10.1. The van der Waals surface area contributed by atoms with Crippen LogP contribution in [0, 0.1) is 11.8 Å². The summed E-state index contributed by atoms with van der Waals surface area (Å²) in [5.74, 6) is 0.430. The fourth-order valence-corrected chi connectivity index (χ4v) is 3.20. The molecule has 1 unspecified atom stereocenters. The van der Waals surface area contributed by atoms with E-state index in [1.54, 1.807) is 0 Å². The molecule has 5 nitrogen and oxygen atoms in total. The molecular weight excluding hydrogens is 302 g/mol. The van der Waals surface area contributed by atoms with Gasteiger partial charge in [-0.25, -0.2) is 0 Å². The van der Waals surface area contributed by atoms with Crippen molar-refractivity contribution in [3.05, 3.63) is 0 Å². The molecule has 0 aromatic carbocycles. The molecule has 6 heteroatoms. The van der Waals surface area contributed by atoms with E-state index < -0.39 is 5.54 Å². The molecule has 3 N–H and O–H groups in total. The van der Waals surface area contributed by atoms with Crippen LogP contribution in [0.3, 0.4) is 0 Å². The topological polar surface area (TPSA) is 70.2 Å². The molecule has 2 aliphatic rings. The highest BCUT2D eigenvalue weighted by atomic mass is 35.5. The molecule has 0 spiro atoms. The SMILES string of the molecule is CCCNC(=O)C1(NC(=O)C(C)C2CNC2)CCCCC1.Cl. The summed E-state index contributed by atoms with van der Waals surface area (Å²) in [6.45, 7) is 6.51. The third kappa shape index (κ3) is 4.35. The Morgan fingerprint density at radius 2 is 1.86 bits per heavy atom. The summed E-state index contributed by atoms with van der Waals surface area (Å²) in [6.07, 6.45) is 5.63. The van der Waals surface area contributed by atoms with Crippen molar-refractivity contribution in [2.45, 2.75) is 57.9 Å². The van der Waals surface area contributed by atoms with Gasteiger partial charge in [-0.3, -0.25) is 9.59 Å². The largest absolute Gasteiger partial charge is 0.354 e. The molecular formula is C16H30ClN3O2. The van der Waals surface area contributed by atoms with Gasteiger partial charge < -0.3 is 16.0 Å². The molecule has 2 amide bonds. The second kappa shape index (κ2) is 8.73. The molecule has 128 valence electrons. The van der Waals surface area contributed by atoms with Gasteiger partial charge in [0.25, 0.3) is 0 Å². The molecule has 0 radical (unpaired) electrons. The highest BCUT2D eigenvalue weighted by Crippen LogP contribution is 2.29. The Hall–Kier alpha value is -0.810. The van der Waals surface area contributed by atoms with Crippen LogP contribution in [-0.2, 0) is 9.59 Å². The molecule has 0 aromatic heterocycles. The molecule has 1 aliphatic heterocycles. The quantitative estimate of drug-likeness (QED) is 0.692. The molecule has 2 fully saturated rings. The summed E-state index contributed by atoms with van der Waals surface area (Å²) in [4.78, 5) is 25.1. The highest BCUT2D eigenvalue weighted by Gasteiger charge is 2.42. The van der Waals surface area contributed by atoms with Crippen molar-refractivity contribution in [3.8, 4) is 0 Å². The van der Waals surface area contributed by atoms with Crippen LogP contribution in [-0.4, -0.2) is 37.0 Å². The molecule has 0 bridgehead atoms. The third-order valence-corrected chi connectivity index (χ3v) is 4.97. The van der Waals surface area contributed by atoms with Gasteiger partial charge in [0.15, 0.2) is 0 Å². The van der Waals surface area contributed by atoms with E-state index in [1.807, 2.05) is 13.8 Å². The average molecular weight is 332 g/mol. The lowest BCUT2D eigenvalue weighted by Crippen LogP contribution is -2.62. The minimum atomic E-state index is -0.671. The van der Waals surface area contributed by atoms with E-state index in [0.717, 1.165) is 51.6 Å². The minimum Gasteiger partial charge on any atom is -0.354 e. The third-order valence-electron chi connectivity index (χ3n) is 4.97. The minimum absolute atomic E-state index is 0. The van der Waals surface area contributed by atoms with Crippen LogP contribution in [0.5, 0.6) is 0 Å². The van der Waals surface area contributed by atoms with Crippen LogP contribution < -0.4 is 16.0 Å². The molecule has 0 aromatic rings. The molecule has 2 rings (SSSR count). The first-order valence-corrected chi connectivity index (χ1v) is 8.40. The Morgan fingerprint density at radius 3 is 2.36 bits per heavy atom. The Bertz CT molecular complexity index is 380. The standard InChI is InChI=1S/C16H29N3O2.ClH/c1-3-9-18-15(21)16(7-5-4-6-8-16)19-14(20)12(2)13-10-17-11-13;/h12-13,17H,3-11H2,1-2H3,(H,18,21)(H,19,20);1H. The van der Waals surface area contributed by atoms with E-state index in [4.69, 9.17) is 0 Å². The second-order valence-corrected chi connectivity index (χ2v) is 6.59. The maximum absolute atomic E-state index is 12.6.